The van der Waals surface area contributed by atoms with E-state index < -0.39 is 10.2 Å². The molecule has 2 aliphatic rings. The number of hydrogen-bond acceptors (Lipinski definition) is 3. The van der Waals surface area contributed by atoms with Gasteiger partial charge in [0.15, 0.2) is 0 Å². The van der Waals surface area contributed by atoms with Gasteiger partial charge in [-0.05, 0) is 31.6 Å². The minimum absolute atomic E-state index is 0.0259. The first-order valence-electron chi connectivity index (χ1n) is 7.54. The molecule has 0 aromatic heterocycles. The summed E-state index contributed by atoms with van der Waals surface area (Å²) in [6.07, 6.45) is 6.27. The Hall–Kier alpha value is -0.170. The van der Waals surface area contributed by atoms with Crippen molar-refractivity contribution in [3.8, 4) is 0 Å². The molecule has 2 N–H and O–H groups in total. The zero-order chi connectivity index (χ0) is 13.9. The normalized spacial score (nSPS) is 32.1. The minimum atomic E-state index is -3.32. The lowest BCUT2D eigenvalue weighted by Gasteiger charge is -2.40. The Labute approximate surface area is 117 Å². The van der Waals surface area contributed by atoms with Gasteiger partial charge in [0.05, 0.1) is 0 Å². The molecule has 2 saturated heterocycles. The largest absolute Gasteiger partial charge is 0.329 e. The van der Waals surface area contributed by atoms with Crippen LogP contribution in [0.3, 0.4) is 0 Å². The molecule has 5 nitrogen and oxygen atoms in total. The summed E-state index contributed by atoms with van der Waals surface area (Å²) in [5.41, 5.74) is 5.82. The maximum Gasteiger partial charge on any atom is 0.282 e. The highest BCUT2D eigenvalue weighted by Crippen LogP contribution is 2.27. The third kappa shape index (κ3) is 3.29. The molecule has 0 saturated carbocycles. The van der Waals surface area contributed by atoms with Gasteiger partial charge < -0.3 is 5.73 Å². The molecule has 0 bridgehead atoms. The van der Waals surface area contributed by atoms with Crippen molar-refractivity contribution in [2.24, 2.45) is 11.7 Å². The Kier molecular flexibility index (Phi) is 5.22. The van der Waals surface area contributed by atoms with Crippen LogP contribution in [-0.2, 0) is 10.2 Å². The molecular weight excluding hydrogens is 262 g/mol. The van der Waals surface area contributed by atoms with E-state index in [1.54, 1.807) is 8.61 Å². The van der Waals surface area contributed by atoms with Gasteiger partial charge in [0, 0.05) is 32.2 Å². The third-order valence-electron chi connectivity index (χ3n) is 4.49. The number of nitrogens with zero attached hydrogens (tertiary/aromatic N) is 2. The van der Waals surface area contributed by atoms with E-state index in [4.69, 9.17) is 5.73 Å². The van der Waals surface area contributed by atoms with E-state index in [0.29, 0.717) is 32.1 Å². The van der Waals surface area contributed by atoms with Crippen LogP contribution in [0.25, 0.3) is 0 Å². The maximum absolute atomic E-state index is 12.8. The maximum atomic E-state index is 12.8. The molecule has 2 rings (SSSR count). The molecule has 0 amide bonds. The molecular formula is C13H27N3O2S. The van der Waals surface area contributed by atoms with E-state index in [2.05, 4.69) is 6.92 Å². The predicted octanol–water partition coefficient (Wildman–Crippen LogP) is 1.17. The van der Waals surface area contributed by atoms with Crippen LogP contribution in [0.5, 0.6) is 0 Å². The summed E-state index contributed by atoms with van der Waals surface area (Å²) < 4.78 is 29.0. The van der Waals surface area contributed by atoms with Crippen molar-refractivity contribution < 1.29 is 8.42 Å². The highest BCUT2D eigenvalue weighted by Gasteiger charge is 2.38. The summed E-state index contributed by atoms with van der Waals surface area (Å²) in [5, 5.41) is 0. The van der Waals surface area contributed by atoms with Crippen LogP contribution < -0.4 is 5.73 Å². The van der Waals surface area contributed by atoms with Crippen LogP contribution >= 0.6 is 0 Å². The molecule has 0 aliphatic carbocycles. The molecule has 2 heterocycles. The highest BCUT2D eigenvalue weighted by atomic mass is 32.2. The summed E-state index contributed by atoms with van der Waals surface area (Å²) in [6, 6.07) is -0.0259. The smallest absolute Gasteiger partial charge is 0.282 e. The van der Waals surface area contributed by atoms with Crippen LogP contribution in [0.2, 0.25) is 0 Å². The fourth-order valence-electron chi connectivity index (χ4n) is 3.27. The Morgan fingerprint density at radius 1 is 1.05 bits per heavy atom. The molecule has 0 unspecified atom stereocenters. The molecule has 19 heavy (non-hydrogen) atoms. The summed E-state index contributed by atoms with van der Waals surface area (Å²) in [6.45, 7) is 4.51. The van der Waals surface area contributed by atoms with Crippen molar-refractivity contribution in [1.82, 2.24) is 8.61 Å². The second-order valence-corrected chi connectivity index (χ2v) is 7.74. The van der Waals surface area contributed by atoms with Crippen molar-refractivity contribution in [2.75, 3.05) is 26.2 Å². The van der Waals surface area contributed by atoms with Gasteiger partial charge in [-0.1, -0.05) is 19.8 Å². The van der Waals surface area contributed by atoms with Crippen LogP contribution in [0, 0.1) is 5.92 Å². The van der Waals surface area contributed by atoms with E-state index >= 15 is 0 Å². The average Bonchev–Trinajstić information content (AvgIpc) is 2.67. The summed E-state index contributed by atoms with van der Waals surface area (Å²) in [5.74, 6) is 0.362. The first kappa shape index (κ1) is 15.2. The third-order valence-corrected chi connectivity index (χ3v) is 6.56. The minimum Gasteiger partial charge on any atom is -0.329 e. The Bertz CT molecular complexity index is 377. The zero-order valence-electron chi connectivity index (χ0n) is 11.9. The number of rotatable bonds is 3. The molecule has 112 valence electrons. The monoisotopic (exact) mass is 289 g/mol. The second kappa shape index (κ2) is 6.52. The van der Waals surface area contributed by atoms with E-state index in [-0.39, 0.29) is 6.04 Å². The van der Waals surface area contributed by atoms with Gasteiger partial charge in [-0.3, -0.25) is 0 Å². The highest BCUT2D eigenvalue weighted by molar-refractivity contribution is 7.86. The summed E-state index contributed by atoms with van der Waals surface area (Å²) in [4.78, 5) is 0. The molecule has 0 radical (unpaired) electrons. The number of nitrogens with two attached hydrogens (primary N) is 1. The summed E-state index contributed by atoms with van der Waals surface area (Å²) in [7, 11) is -3.32. The van der Waals surface area contributed by atoms with Crippen molar-refractivity contribution in [2.45, 2.75) is 51.5 Å². The van der Waals surface area contributed by atoms with E-state index in [0.717, 1.165) is 38.5 Å². The van der Waals surface area contributed by atoms with Crippen molar-refractivity contribution in [1.29, 1.82) is 0 Å². The SMILES string of the molecule is C[C@@H]1CCCN(S(=O)(=O)N2CCCCCC2)[C@@H]1CN. The van der Waals surface area contributed by atoms with Crippen LogP contribution in [0.15, 0.2) is 0 Å². The van der Waals surface area contributed by atoms with Crippen molar-refractivity contribution in [3.63, 3.8) is 0 Å². The van der Waals surface area contributed by atoms with E-state index in [9.17, 15) is 8.42 Å². The molecule has 0 aromatic carbocycles. The Morgan fingerprint density at radius 2 is 1.68 bits per heavy atom. The van der Waals surface area contributed by atoms with Gasteiger partial charge in [0.2, 0.25) is 0 Å². The van der Waals surface area contributed by atoms with Gasteiger partial charge in [-0.25, -0.2) is 0 Å². The fourth-order valence-corrected chi connectivity index (χ4v) is 5.28. The van der Waals surface area contributed by atoms with Crippen LogP contribution in [-0.4, -0.2) is 49.2 Å². The Balaban J connectivity index is 2.16. The molecule has 2 fully saturated rings. The van der Waals surface area contributed by atoms with Gasteiger partial charge in [0.25, 0.3) is 10.2 Å². The van der Waals surface area contributed by atoms with Gasteiger partial charge in [0.1, 0.15) is 0 Å². The number of hydrogen-bond donors (Lipinski definition) is 1. The van der Waals surface area contributed by atoms with Crippen LogP contribution in [0.1, 0.15) is 45.4 Å². The van der Waals surface area contributed by atoms with Crippen LogP contribution in [0.4, 0.5) is 0 Å². The predicted molar refractivity (Wildman–Crippen MR) is 76.9 cm³/mol. The van der Waals surface area contributed by atoms with Crippen molar-refractivity contribution >= 4 is 10.2 Å². The topological polar surface area (TPSA) is 66.6 Å². The average molecular weight is 289 g/mol. The molecule has 2 aliphatic heterocycles. The van der Waals surface area contributed by atoms with Gasteiger partial charge in [-0.2, -0.15) is 17.0 Å². The van der Waals surface area contributed by atoms with Gasteiger partial charge >= 0.3 is 0 Å². The van der Waals surface area contributed by atoms with Crippen molar-refractivity contribution in [3.05, 3.63) is 0 Å². The molecule has 0 aromatic rings. The first-order valence-corrected chi connectivity index (χ1v) is 8.94. The lowest BCUT2D eigenvalue weighted by Crippen LogP contribution is -2.55. The molecule has 2 atom stereocenters. The lowest BCUT2D eigenvalue weighted by atomic mass is 9.93. The van der Waals surface area contributed by atoms with E-state index in [1.165, 1.54) is 0 Å². The zero-order valence-corrected chi connectivity index (χ0v) is 12.7. The van der Waals surface area contributed by atoms with E-state index in [1.807, 2.05) is 0 Å². The number of piperidine rings is 1. The molecule has 0 spiro atoms. The Morgan fingerprint density at radius 3 is 2.26 bits per heavy atom. The quantitative estimate of drug-likeness (QED) is 0.848. The molecule has 6 heteroatoms. The van der Waals surface area contributed by atoms with Gasteiger partial charge in [-0.15, -0.1) is 0 Å². The standard InChI is InChI=1S/C13H27N3O2S/c1-12-7-6-10-16(13(12)11-14)19(17,18)15-8-4-2-3-5-9-15/h12-13H,2-11,14H2,1H3/t12-,13-/m1/s1. The second-order valence-electron chi connectivity index (χ2n) is 5.85. The lowest BCUT2D eigenvalue weighted by molar-refractivity contribution is 0.180. The first-order chi connectivity index (χ1) is 9.07. The summed E-state index contributed by atoms with van der Waals surface area (Å²) >= 11 is 0. The fraction of sp³-hybridized carbons (Fsp3) is 1.00.